The topological polar surface area (TPSA) is 20.2 Å². The molecule has 0 unspecified atom stereocenters. The maximum Gasteiger partial charge on any atom is 1.00 e. The molecule has 0 aliphatic heterocycles. The molecule has 96 valence electrons. The summed E-state index contributed by atoms with van der Waals surface area (Å²) in [7, 11) is 0. The van der Waals surface area contributed by atoms with Gasteiger partial charge >= 0.3 is 18.9 Å². The molecule has 1 aromatic carbocycles. The van der Waals surface area contributed by atoms with Crippen molar-refractivity contribution in [3.8, 4) is 0 Å². The van der Waals surface area contributed by atoms with E-state index in [2.05, 4.69) is 13.8 Å². The number of rotatable bonds is 1. The van der Waals surface area contributed by atoms with Crippen molar-refractivity contribution in [2.45, 2.75) is 38.7 Å². The summed E-state index contributed by atoms with van der Waals surface area (Å²) in [6, 6.07) is 6.57. The third kappa shape index (κ3) is 3.86. The van der Waals surface area contributed by atoms with Crippen LogP contribution in [-0.4, -0.2) is 28.6 Å². The van der Waals surface area contributed by atoms with Crippen molar-refractivity contribution in [3.63, 3.8) is 0 Å². The molecule has 0 radical (unpaired) electrons. The Kier molecular flexibility index (Phi) is 7.84. The van der Waals surface area contributed by atoms with Crippen LogP contribution in [0.15, 0.2) is 24.3 Å². The molecule has 1 saturated carbocycles. The average Bonchev–Trinajstić information content (AvgIpc) is 2.27. The molecule has 0 spiro atoms. The molecule has 2 rings (SSSR count). The van der Waals surface area contributed by atoms with E-state index < -0.39 is 0 Å². The summed E-state index contributed by atoms with van der Waals surface area (Å²) in [6.45, 7) is 4.41. The number of hydrogen-bond acceptors (Lipinski definition) is 1. The smallest absolute Gasteiger partial charge is 1.00 e. The van der Waals surface area contributed by atoms with E-state index in [0.717, 1.165) is 18.4 Å². The second-order valence-corrected chi connectivity index (χ2v) is 5.06. The van der Waals surface area contributed by atoms with Gasteiger partial charge in [-0.25, -0.2) is 4.39 Å². The molecule has 18 heavy (non-hydrogen) atoms. The Labute approximate surface area is 133 Å². The van der Waals surface area contributed by atoms with Crippen molar-refractivity contribution in [3.05, 3.63) is 35.6 Å². The van der Waals surface area contributed by atoms with Gasteiger partial charge in [-0.3, -0.25) is 0 Å². The first-order valence-electron chi connectivity index (χ1n) is 6.03. The standard InChI is InChI=1S/C14H19FO.Al.Li.4H/c1-9-3-8-13(16)14(10(9)2)11-4-6-12(15)7-5-11;;;;;;/h4-7,9-10,13-14,16H,3,8H2,1-2H3;;;;;;/q;;+1;;;;-1/t9-,10+,13-,14+;;;;;;/m0....../s1. The Bertz CT molecular complexity index is 363. The predicted molar refractivity (Wildman–Crippen MR) is 73.8 cm³/mol. The van der Waals surface area contributed by atoms with E-state index in [1.54, 1.807) is 12.1 Å². The van der Waals surface area contributed by atoms with Crippen LogP contribution in [0, 0.1) is 17.7 Å². The Hall–Kier alpha value is 0.240. The Balaban J connectivity index is 0. The van der Waals surface area contributed by atoms with Gasteiger partial charge in [0.1, 0.15) is 5.82 Å². The maximum atomic E-state index is 12.9. The Morgan fingerprint density at radius 1 is 1.17 bits per heavy atom. The quantitative estimate of drug-likeness (QED) is 0.660. The fourth-order valence-corrected chi connectivity index (χ4v) is 2.79. The molecule has 0 heterocycles. The summed E-state index contributed by atoms with van der Waals surface area (Å²) in [5.41, 5.74) is 1.06. The van der Waals surface area contributed by atoms with Crippen LogP contribution >= 0.6 is 0 Å². The first-order valence-corrected chi connectivity index (χ1v) is 6.03. The predicted octanol–water partition coefficient (Wildman–Crippen LogP) is -0.731. The van der Waals surface area contributed by atoms with Crippen molar-refractivity contribution in [2.24, 2.45) is 11.8 Å². The van der Waals surface area contributed by atoms with Crippen LogP contribution in [0.25, 0.3) is 0 Å². The van der Waals surface area contributed by atoms with E-state index in [9.17, 15) is 9.50 Å². The fourth-order valence-electron chi connectivity index (χ4n) is 2.79. The zero-order valence-electron chi connectivity index (χ0n) is 11.9. The molecule has 4 heteroatoms. The van der Waals surface area contributed by atoms with Crippen LogP contribution in [0.4, 0.5) is 4.39 Å². The van der Waals surface area contributed by atoms with Gasteiger partial charge in [0.25, 0.3) is 0 Å². The van der Waals surface area contributed by atoms with Gasteiger partial charge in [0.05, 0.1) is 6.10 Å². The monoisotopic (exact) mass is 260 g/mol. The van der Waals surface area contributed by atoms with Crippen LogP contribution in [0.2, 0.25) is 0 Å². The van der Waals surface area contributed by atoms with Gasteiger partial charge in [-0.05, 0) is 42.4 Å². The second kappa shape index (κ2) is 7.74. The number of aliphatic hydroxyl groups is 1. The third-order valence-electron chi connectivity index (χ3n) is 4.05. The zero-order chi connectivity index (χ0) is 11.7. The number of hydrogen-bond donors (Lipinski definition) is 1. The molecule has 1 aliphatic rings. The van der Waals surface area contributed by atoms with Gasteiger partial charge in [-0.15, -0.1) is 0 Å². The SMILES string of the molecule is C[C@H]1[C@H](c2ccc(F)cc2)[C@@H](O)CC[C@@H]1C.[AlH3].[H-].[Li+]. The van der Waals surface area contributed by atoms with Crippen molar-refractivity contribution < 1.29 is 29.8 Å². The molecular weight excluding hydrogens is 237 g/mol. The van der Waals surface area contributed by atoms with Crippen molar-refractivity contribution in [1.29, 1.82) is 0 Å². The summed E-state index contributed by atoms with van der Waals surface area (Å²) in [5.74, 6) is 1.02. The number of benzene rings is 1. The van der Waals surface area contributed by atoms with Crippen molar-refractivity contribution in [1.82, 2.24) is 0 Å². The largest absolute Gasteiger partial charge is 1.00 e. The van der Waals surface area contributed by atoms with E-state index in [1.807, 2.05) is 0 Å². The summed E-state index contributed by atoms with van der Waals surface area (Å²) in [6.07, 6.45) is 1.66. The summed E-state index contributed by atoms with van der Waals surface area (Å²) < 4.78 is 12.9. The van der Waals surface area contributed by atoms with Crippen molar-refractivity contribution >= 4 is 17.4 Å². The zero-order valence-corrected chi connectivity index (χ0v) is 10.9. The molecule has 1 aromatic rings. The molecule has 0 aromatic heterocycles. The van der Waals surface area contributed by atoms with Gasteiger partial charge in [-0.1, -0.05) is 26.0 Å². The summed E-state index contributed by atoms with van der Waals surface area (Å²) >= 11 is 0. The fraction of sp³-hybridized carbons (Fsp3) is 0.571. The number of halogens is 1. The van der Waals surface area contributed by atoms with Gasteiger partial charge < -0.3 is 6.53 Å². The normalized spacial score (nSPS) is 31.1. The molecular formula is C14H23AlFLiO. The van der Waals surface area contributed by atoms with Crippen LogP contribution < -0.4 is 18.9 Å². The van der Waals surface area contributed by atoms with Crippen LogP contribution in [-0.2, 0) is 0 Å². The van der Waals surface area contributed by atoms with Crippen molar-refractivity contribution in [2.75, 3.05) is 0 Å². The minimum absolute atomic E-state index is 0. The average molecular weight is 260 g/mol. The third-order valence-corrected chi connectivity index (χ3v) is 4.05. The minimum atomic E-state index is -0.281. The Morgan fingerprint density at radius 3 is 2.28 bits per heavy atom. The molecule has 0 bridgehead atoms. The molecule has 1 fully saturated rings. The molecule has 1 aliphatic carbocycles. The van der Waals surface area contributed by atoms with Gasteiger partial charge in [0.15, 0.2) is 17.4 Å². The van der Waals surface area contributed by atoms with E-state index in [0.29, 0.717) is 11.8 Å². The van der Waals surface area contributed by atoms with Gasteiger partial charge in [0.2, 0.25) is 0 Å². The summed E-state index contributed by atoms with van der Waals surface area (Å²) in [5, 5.41) is 10.1. The van der Waals surface area contributed by atoms with E-state index >= 15 is 0 Å². The first-order chi connectivity index (χ1) is 7.59. The first kappa shape index (κ1) is 18.2. The van der Waals surface area contributed by atoms with Crippen LogP contribution in [0.3, 0.4) is 0 Å². The second-order valence-electron chi connectivity index (χ2n) is 5.06. The van der Waals surface area contributed by atoms with Crippen LogP contribution in [0.1, 0.15) is 39.6 Å². The minimum Gasteiger partial charge on any atom is -1.00 e. The van der Waals surface area contributed by atoms with E-state index in [4.69, 9.17) is 0 Å². The maximum absolute atomic E-state index is 12.9. The van der Waals surface area contributed by atoms with Gasteiger partial charge in [-0.2, -0.15) is 0 Å². The van der Waals surface area contributed by atoms with E-state index in [1.165, 1.54) is 12.1 Å². The number of aliphatic hydroxyl groups excluding tert-OH is 1. The molecule has 0 amide bonds. The molecule has 1 nitrogen and oxygen atoms in total. The van der Waals surface area contributed by atoms with Crippen LogP contribution in [0.5, 0.6) is 0 Å². The molecule has 1 N–H and O–H groups in total. The van der Waals surface area contributed by atoms with Gasteiger partial charge in [0, 0.05) is 5.92 Å². The summed E-state index contributed by atoms with van der Waals surface area (Å²) in [4.78, 5) is 0. The van der Waals surface area contributed by atoms with E-state index in [-0.39, 0.29) is 55.5 Å². The molecule has 0 saturated heterocycles. The molecule has 4 atom stereocenters. The Morgan fingerprint density at radius 2 is 1.72 bits per heavy atom.